The number of ether oxygens (including phenoxy) is 1. The summed E-state index contributed by atoms with van der Waals surface area (Å²) in [5.74, 6) is 0.376. The molecule has 0 unspecified atom stereocenters. The minimum absolute atomic E-state index is 0.118. The van der Waals surface area contributed by atoms with Crippen molar-refractivity contribution >= 4 is 17.5 Å². The molecule has 3 heterocycles. The van der Waals surface area contributed by atoms with E-state index in [4.69, 9.17) is 16.3 Å². The van der Waals surface area contributed by atoms with Gasteiger partial charge in [0.1, 0.15) is 17.2 Å². The van der Waals surface area contributed by atoms with Crippen molar-refractivity contribution in [2.75, 3.05) is 20.1 Å². The number of nitrogens with zero attached hydrogens (tertiary/aromatic N) is 3. The second kappa shape index (κ2) is 7.22. The van der Waals surface area contributed by atoms with E-state index < -0.39 is 17.5 Å². The van der Waals surface area contributed by atoms with Crippen molar-refractivity contribution in [3.8, 4) is 0 Å². The number of benzene rings is 1. The van der Waals surface area contributed by atoms with Crippen LogP contribution in [0.1, 0.15) is 24.2 Å². The van der Waals surface area contributed by atoms with Crippen molar-refractivity contribution < 1.29 is 13.9 Å². The van der Waals surface area contributed by atoms with E-state index in [0.717, 1.165) is 37.3 Å². The summed E-state index contributed by atoms with van der Waals surface area (Å²) in [7, 11) is 1.62. The van der Waals surface area contributed by atoms with Crippen LogP contribution in [-0.2, 0) is 28.2 Å². The van der Waals surface area contributed by atoms with E-state index in [9.17, 15) is 9.18 Å². The second-order valence-electron chi connectivity index (χ2n) is 7.14. The highest BCUT2D eigenvalue weighted by Gasteiger charge is 2.46. The lowest BCUT2D eigenvalue weighted by Gasteiger charge is -2.45. The van der Waals surface area contributed by atoms with Crippen LogP contribution in [0.2, 0.25) is 5.02 Å². The Morgan fingerprint density at radius 2 is 2.22 bits per heavy atom. The van der Waals surface area contributed by atoms with E-state index in [1.54, 1.807) is 19.3 Å². The standard InChI is InChI=1S/C19H22ClFN4O2/c1-22-17(26)16-12-25-9-6-23-18(25)19(27-16)4-7-24(8-5-19)11-13-2-3-14(20)15(21)10-13/h2-3,6,9-10,16H,4-5,7-8,11-12H2,1H3,(H,22,26)/t16-/m1/s1. The Balaban J connectivity index is 1.48. The monoisotopic (exact) mass is 392 g/mol. The highest BCUT2D eigenvalue weighted by atomic mass is 35.5. The summed E-state index contributed by atoms with van der Waals surface area (Å²) >= 11 is 5.76. The molecule has 0 bridgehead atoms. The lowest BCUT2D eigenvalue weighted by Crippen LogP contribution is -2.53. The molecule has 4 rings (SSSR count). The van der Waals surface area contributed by atoms with Gasteiger partial charge in [0.25, 0.3) is 5.91 Å². The third kappa shape index (κ3) is 3.47. The van der Waals surface area contributed by atoms with E-state index in [1.807, 2.05) is 16.8 Å². The zero-order valence-electron chi connectivity index (χ0n) is 15.1. The molecular weight excluding hydrogens is 371 g/mol. The fourth-order valence-electron chi connectivity index (χ4n) is 4.00. The number of piperidine rings is 1. The van der Waals surface area contributed by atoms with Crippen molar-refractivity contribution in [3.63, 3.8) is 0 Å². The number of nitrogens with one attached hydrogen (secondary N) is 1. The van der Waals surface area contributed by atoms with Gasteiger partial charge in [-0.15, -0.1) is 0 Å². The van der Waals surface area contributed by atoms with Gasteiger partial charge in [-0.3, -0.25) is 9.69 Å². The quantitative estimate of drug-likeness (QED) is 0.870. The number of carbonyl (C=O) groups excluding carboxylic acids is 1. The third-order valence-electron chi connectivity index (χ3n) is 5.45. The molecule has 144 valence electrons. The van der Waals surface area contributed by atoms with E-state index in [2.05, 4.69) is 15.2 Å². The van der Waals surface area contributed by atoms with Crippen LogP contribution < -0.4 is 5.32 Å². The van der Waals surface area contributed by atoms with Gasteiger partial charge in [0.05, 0.1) is 11.6 Å². The summed E-state index contributed by atoms with van der Waals surface area (Å²) in [5.41, 5.74) is 0.336. The molecule has 0 aliphatic carbocycles. The zero-order chi connectivity index (χ0) is 19.0. The average molecular weight is 393 g/mol. The number of amides is 1. The topological polar surface area (TPSA) is 59.4 Å². The van der Waals surface area contributed by atoms with Crippen molar-refractivity contribution in [1.29, 1.82) is 0 Å². The van der Waals surface area contributed by atoms with Gasteiger partial charge < -0.3 is 14.6 Å². The molecule has 2 aromatic rings. The van der Waals surface area contributed by atoms with Crippen molar-refractivity contribution in [2.24, 2.45) is 0 Å². The van der Waals surface area contributed by atoms with Crippen LogP contribution in [0.15, 0.2) is 30.6 Å². The first-order valence-electron chi connectivity index (χ1n) is 9.08. The fourth-order valence-corrected chi connectivity index (χ4v) is 4.12. The molecule has 1 N–H and O–H groups in total. The van der Waals surface area contributed by atoms with E-state index in [0.29, 0.717) is 13.1 Å². The number of halogens is 2. The first-order chi connectivity index (χ1) is 13.0. The van der Waals surface area contributed by atoms with Crippen LogP contribution in [0.3, 0.4) is 0 Å². The summed E-state index contributed by atoms with van der Waals surface area (Å²) in [6.07, 6.45) is 4.60. The van der Waals surface area contributed by atoms with Crippen LogP contribution in [0.25, 0.3) is 0 Å². The molecule has 1 fully saturated rings. The van der Waals surface area contributed by atoms with Crippen LogP contribution in [-0.4, -0.2) is 46.6 Å². The van der Waals surface area contributed by atoms with Gasteiger partial charge in [-0.25, -0.2) is 9.37 Å². The molecule has 0 saturated carbocycles. The SMILES string of the molecule is CNC(=O)[C@H]1Cn2ccnc2C2(CCN(Cc3ccc(Cl)c(F)c3)CC2)O1. The maximum absolute atomic E-state index is 13.7. The Morgan fingerprint density at radius 3 is 2.93 bits per heavy atom. The molecule has 2 aliphatic rings. The first kappa shape index (κ1) is 18.4. The van der Waals surface area contributed by atoms with Gasteiger partial charge in [0, 0.05) is 39.1 Å². The Hall–Kier alpha value is -1.96. The van der Waals surface area contributed by atoms with Crippen LogP contribution >= 0.6 is 11.6 Å². The summed E-state index contributed by atoms with van der Waals surface area (Å²) < 4.78 is 22.0. The molecule has 1 saturated heterocycles. The van der Waals surface area contributed by atoms with Gasteiger partial charge in [-0.1, -0.05) is 17.7 Å². The summed E-state index contributed by atoms with van der Waals surface area (Å²) in [4.78, 5) is 18.9. The van der Waals surface area contributed by atoms with E-state index in [-0.39, 0.29) is 10.9 Å². The molecular formula is C19H22ClFN4O2. The maximum atomic E-state index is 13.7. The van der Waals surface area contributed by atoms with Crippen molar-refractivity contribution in [3.05, 3.63) is 52.8 Å². The number of hydrogen-bond donors (Lipinski definition) is 1. The highest BCUT2D eigenvalue weighted by Crippen LogP contribution is 2.40. The summed E-state index contributed by atoms with van der Waals surface area (Å²) in [6, 6.07) is 4.92. The predicted molar refractivity (Wildman–Crippen MR) is 98.8 cm³/mol. The minimum atomic E-state index is -0.555. The minimum Gasteiger partial charge on any atom is -0.357 e. The van der Waals surface area contributed by atoms with Gasteiger partial charge in [0.15, 0.2) is 6.10 Å². The van der Waals surface area contributed by atoms with Gasteiger partial charge in [-0.05, 0) is 30.5 Å². The molecule has 6 nitrogen and oxygen atoms in total. The van der Waals surface area contributed by atoms with Gasteiger partial charge in [0.2, 0.25) is 0 Å². The molecule has 1 aromatic heterocycles. The molecule has 0 radical (unpaired) electrons. The van der Waals surface area contributed by atoms with Crippen LogP contribution in [0, 0.1) is 5.82 Å². The first-order valence-corrected chi connectivity index (χ1v) is 9.46. The van der Waals surface area contributed by atoms with Crippen LogP contribution in [0.4, 0.5) is 4.39 Å². The molecule has 1 atom stereocenters. The Kier molecular flexibility index (Phi) is 4.92. The highest BCUT2D eigenvalue weighted by molar-refractivity contribution is 6.30. The normalized spacial score (nSPS) is 21.8. The van der Waals surface area contributed by atoms with Crippen molar-refractivity contribution in [2.45, 2.75) is 37.6 Å². The smallest absolute Gasteiger partial charge is 0.250 e. The number of likely N-dealkylation sites (tertiary alicyclic amines) is 1. The third-order valence-corrected chi connectivity index (χ3v) is 5.75. The number of hydrogen-bond acceptors (Lipinski definition) is 4. The molecule has 27 heavy (non-hydrogen) atoms. The zero-order valence-corrected chi connectivity index (χ0v) is 15.9. The van der Waals surface area contributed by atoms with Crippen LogP contribution in [0.5, 0.6) is 0 Å². The van der Waals surface area contributed by atoms with Gasteiger partial charge in [-0.2, -0.15) is 0 Å². The molecule has 8 heteroatoms. The van der Waals surface area contributed by atoms with E-state index >= 15 is 0 Å². The largest absolute Gasteiger partial charge is 0.357 e. The molecule has 2 aliphatic heterocycles. The second-order valence-corrected chi connectivity index (χ2v) is 7.55. The lowest BCUT2D eigenvalue weighted by atomic mass is 9.88. The van der Waals surface area contributed by atoms with Gasteiger partial charge >= 0.3 is 0 Å². The maximum Gasteiger partial charge on any atom is 0.250 e. The Morgan fingerprint density at radius 1 is 1.44 bits per heavy atom. The lowest BCUT2D eigenvalue weighted by molar-refractivity contribution is -0.173. The Labute approximate surface area is 162 Å². The van der Waals surface area contributed by atoms with Crippen molar-refractivity contribution in [1.82, 2.24) is 19.8 Å². The number of carbonyl (C=O) groups is 1. The Bertz CT molecular complexity index is 848. The molecule has 1 amide bonds. The summed E-state index contributed by atoms with van der Waals surface area (Å²) in [6.45, 7) is 2.68. The number of fused-ring (bicyclic) bond motifs is 2. The fraction of sp³-hybridized carbons (Fsp3) is 0.474. The number of imidazole rings is 1. The van der Waals surface area contributed by atoms with E-state index in [1.165, 1.54) is 6.07 Å². The average Bonchev–Trinajstić information content (AvgIpc) is 3.15. The predicted octanol–water partition coefficient (Wildman–Crippen LogP) is 2.31. The molecule has 1 aromatic carbocycles. The molecule has 1 spiro atoms. The number of likely N-dealkylation sites (N-methyl/N-ethyl adjacent to an activating group) is 1. The summed E-state index contributed by atoms with van der Waals surface area (Å²) in [5, 5.41) is 2.81. The number of aromatic nitrogens is 2. The number of rotatable bonds is 3.